The van der Waals surface area contributed by atoms with Crippen molar-refractivity contribution in [1.82, 2.24) is 10.2 Å². The topological polar surface area (TPSA) is 75.9 Å². The van der Waals surface area contributed by atoms with Gasteiger partial charge in [-0.2, -0.15) is 0 Å². The van der Waals surface area contributed by atoms with Gasteiger partial charge in [-0.25, -0.2) is 0 Å². The van der Waals surface area contributed by atoms with Gasteiger partial charge in [0.05, 0.1) is 9.95 Å². The van der Waals surface area contributed by atoms with Crippen LogP contribution in [0, 0.1) is 5.41 Å². The Morgan fingerprint density at radius 1 is 1.32 bits per heavy atom. The molecule has 1 aliphatic rings. The standard InChI is InChI=1S/C18H17N3O2S2/c1-3-9-23-12-7-5-11(6-8-12)10-13-16(22)15(17(19)24-13)18-21-20-14(4-2)25-18/h3,5-8,10,15,19H,1,4,9H2,2H3/b13-10-,19-17?/t15-/m1/s1. The number of ether oxygens (including phenoxy) is 1. The van der Waals surface area contributed by atoms with Crippen molar-refractivity contribution in [2.24, 2.45) is 0 Å². The summed E-state index contributed by atoms with van der Waals surface area (Å²) in [5.74, 6) is 0.0593. The number of aromatic nitrogens is 2. The lowest BCUT2D eigenvalue weighted by Crippen LogP contribution is -2.11. The summed E-state index contributed by atoms with van der Waals surface area (Å²) in [6, 6.07) is 7.47. The quantitative estimate of drug-likeness (QED) is 0.611. The number of aryl methyl sites for hydroxylation is 1. The summed E-state index contributed by atoms with van der Waals surface area (Å²) in [6.07, 6.45) is 4.27. The van der Waals surface area contributed by atoms with Crippen molar-refractivity contribution in [3.05, 3.63) is 57.4 Å². The van der Waals surface area contributed by atoms with Gasteiger partial charge in [0.15, 0.2) is 5.78 Å². The first kappa shape index (κ1) is 17.6. The molecule has 5 nitrogen and oxygen atoms in total. The van der Waals surface area contributed by atoms with Gasteiger partial charge in [-0.05, 0) is 30.2 Å². The number of allylic oxidation sites excluding steroid dienone is 1. The first-order chi connectivity index (χ1) is 12.1. The molecular weight excluding hydrogens is 354 g/mol. The predicted octanol–water partition coefficient (Wildman–Crippen LogP) is 4.08. The third-order valence-electron chi connectivity index (χ3n) is 3.56. The highest BCUT2D eigenvalue weighted by atomic mass is 32.2. The van der Waals surface area contributed by atoms with Gasteiger partial charge in [0.1, 0.15) is 28.3 Å². The van der Waals surface area contributed by atoms with Crippen LogP contribution >= 0.6 is 23.1 Å². The lowest BCUT2D eigenvalue weighted by Gasteiger charge is -2.03. The van der Waals surface area contributed by atoms with E-state index >= 15 is 0 Å². The van der Waals surface area contributed by atoms with Gasteiger partial charge in [0.25, 0.3) is 0 Å². The van der Waals surface area contributed by atoms with Crippen molar-refractivity contribution in [2.75, 3.05) is 6.61 Å². The van der Waals surface area contributed by atoms with E-state index in [9.17, 15) is 4.79 Å². The summed E-state index contributed by atoms with van der Waals surface area (Å²) in [7, 11) is 0. The zero-order valence-corrected chi connectivity index (χ0v) is 15.3. The average molecular weight is 371 g/mol. The van der Waals surface area contributed by atoms with Crippen LogP contribution in [0.2, 0.25) is 0 Å². The maximum absolute atomic E-state index is 12.7. The van der Waals surface area contributed by atoms with Crippen LogP contribution in [-0.2, 0) is 11.2 Å². The van der Waals surface area contributed by atoms with Crippen molar-refractivity contribution < 1.29 is 9.53 Å². The average Bonchev–Trinajstić information content (AvgIpc) is 3.19. The molecule has 1 aliphatic heterocycles. The number of Topliss-reactive ketones (excluding diaryl/α,β-unsaturated/α-hetero) is 1. The number of benzene rings is 1. The van der Waals surface area contributed by atoms with Gasteiger partial charge in [0, 0.05) is 0 Å². The highest BCUT2D eigenvalue weighted by Gasteiger charge is 2.39. The Hall–Kier alpha value is -2.25. The second kappa shape index (κ2) is 7.76. The largest absolute Gasteiger partial charge is 0.490 e. The van der Waals surface area contributed by atoms with E-state index in [0.29, 0.717) is 21.6 Å². The van der Waals surface area contributed by atoms with E-state index in [4.69, 9.17) is 10.1 Å². The zero-order chi connectivity index (χ0) is 17.8. The summed E-state index contributed by atoms with van der Waals surface area (Å²) in [6.45, 7) is 6.06. The second-order valence-electron chi connectivity index (χ2n) is 5.33. The summed E-state index contributed by atoms with van der Waals surface area (Å²) in [5, 5.41) is 18.1. The zero-order valence-electron chi connectivity index (χ0n) is 13.7. The van der Waals surface area contributed by atoms with Crippen molar-refractivity contribution >= 4 is 40.0 Å². The van der Waals surface area contributed by atoms with Crippen LogP contribution in [0.15, 0.2) is 41.8 Å². The molecular formula is C18H17N3O2S2. The van der Waals surface area contributed by atoms with E-state index in [0.717, 1.165) is 22.7 Å². The molecule has 1 N–H and O–H groups in total. The molecule has 0 bridgehead atoms. The van der Waals surface area contributed by atoms with Crippen LogP contribution in [0.5, 0.6) is 5.75 Å². The Kier molecular flexibility index (Phi) is 5.45. The summed E-state index contributed by atoms with van der Waals surface area (Å²) in [4.78, 5) is 13.3. The molecule has 2 heterocycles. The number of nitrogens with zero attached hydrogens (tertiary/aromatic N) is 2. The number of carbonyl (C=O) groups is 1. The molecule has 0 unspecified atom stereocenters. The normalized spacial score (nSPS) is 18.8. The summed E-state index contributed by atoms with van der Waals surface area (Å²) >= 11 is 2.60. The van der Waals surface area contributed by atoms with Crippen LogP contribution in [0.3, 0.4) is 0 Å². The molecule has 0 spiro atoms. The van der Waals surface area contributed by atoms with Gasteiger partial charge < -0.3 is 4.74 Å². The minimum atomic E-state index is -0.607. The molecule has 1 saturated heterocycles. The molecule has 0 radical (unpaired) electrons. The number of nitrogens with one attached hydrogen (secondary N) is 1. The highest BCUT2D eigenvalue weighted by Crippen LogP contribution is 2.41. The van der Waals surface area contributed by atoms with E-state index in [1.165, 1.54) is 23.1 Å². The van der Waals surface area contributed by atoms with Crippen LogP contribution in [-0.4, -0.2) is 27.6 Å². The molecule has 0 amide bonds. The molecule has 1 atom stereocenters. The fraction of sp³-hybridized carbons (Fsp3) is 0.222. The van der Waals surface area contributed by atoms with Gasteiger partial charge in [-0.1, -0.05) is 43.5 Å². The molecule has 0 aliphatic carbocycles. The van der Waals surface area contributed by atoms with E-state index in [2.05, 4.69) is 16.8 Å². The number of hydrogen-bond acceptors (Lipinski definition) is 7. The maximum atomic E-state index is 12.7. The molecule has 7 heteroatoms. The van der Waals surface area contributed by atoms with E-state index in [1.807, 2.05) is 31.2 Å². The van der Waals surface area contributed by atoms with Crippen molar-refractivity contribution in [1.29, 1.82) is 5.41 Å². The highest BCUT2D eigenvalue weighted by molar-refractivity contribution is 8.19. The minimum Gasteiger partial charge on any atom is -0.490 e. The third kappa shape index (κ3) is 3.88. The Bertz CT molecular complexity index is 840. The molecule has 1 aromatic carbocycles. The van der Waals surface area contributed by atoms with E-state index in [-0.39, 0.29) is 5.78 Å². The number of ketones is 1. The molecule has 128 valence electrons. The maximum Gasteiger partial charge on any atom is 0.186 e. The number of hydrogen-bond donors (Lipinski definition) is 1. The lowest BCUT2D eigenvalue weighted by atomic mass is 10.1. The lowest BCUT2D eigenvalue weighted by molar-refractivity contribution is -0.114. The predicted molar refractivity (Wildman–Crippen MR) is 102 cm³/mol. The van der Waals surface area contributed by atoms with Gasteiger partial charge in [-0.3, -0.25) is 10.2 Å². The monoisotopic (exact) mass is 371 g/mol. The summed E-state index contributed by atoms with van der Waals surface area (Å²) in [5.41, 5.74) is 0.891. The fourth-order valence-corrected chi connectivity index (χ4v) is 4.26. The van der Waals surface area contributed by atoms with Crippen LogP contribution in [0.4, 0.5) is 0 Å². The van der Waals surface area contributed by atoms with Gasteiger partial charge in [-0.15, -0.1) is 21.5 Å². The summed E-state index contributed by atoms with van der Waals surface area (Å²) < 4.78 is 5.45. The van der Waals surface area contributed by atoms with Crippen molar-refractivity contribution in [3.8, 4) is 5.75 Å². The third-order valence-corrected chi connectivity index (χ3v) is 5.69. The molecule has 1 aromatic heterocycles. The van der Waals surface area contributed by atoms with Gasteiger partial charge in [0.2, 0.25) is 0 Å². The SMILES string of the molecule is C=CCOc1ccc(/C=C2\SC(=N)[C@H](c3nnc(CC)s3)C2=O)cc1. The Balaban J connectivity index is 1.79. The van der Waals surface area contributed by atoms with Gasteiger partial charge >= 0.3 is 0 Å². The Morgan fingerprint density at radius 2 is 2.08 bits per heavy atom. The second-order valence-corrected chi connectivity index (χ2v) is 7.51. The van der Waals surface area contributed by atoms with Crippen molar-refractivity contribution in [3.63, 3.8) is 0 Å². The number of carbonyl (C=O) groups excluding carboxylic acids is 1. The first-order valence-corrected chi connectivity index (χ1v) is 9.44. The smallest absolute Gasteiger partial charge is 0.186 e. The van der Waals surface area contributed by atoms with Crippen LogP contribution < -0.4 is 4.74 Å². The molecule has 3 rings (SSSR count). The number of thioether (sulfide) groups is 1. The van der Waals surface area contributed by atoms with E-state index < -0.39 is 5.92 Å². The van der Waals surface area contributed by atoms with E-state index in [1.54, 1.807) is 12.2 Å². The molecule has 1 fully saturated rings. The minimum absolute atomic E-state index is 0.0826. The molecule has 0 saturated carbocycles. The fourth-order valence-electron chi connectivity index (χ4n) is 2.31. The van der Waals surface area contributed by atoms with Crippen molar-refractivity contribution in [2.45, 2.75) is 19.3 Å². The number of rotatable bonds is 6. The Labute approximate surface area is 154 Å². The van der Waals surface area contributed by atoms with Crippen LogP contribution in [0.1, 0.15) is 28.4 Å². The molecule has 25 heavy (non-hydrogen) atoms. The Morgan fingerprint density at radius 3 is 2.72 bits per heavy atom. The van der Waals surface area contributed by atoms with Crippen LogP contribution in [0.25, 0.3) is 6.08 Å². The first-order valence-electron chi connectivity index (χ1n) is 7.80. The molecule has 2 aromatic rings.